The Labute approximate surface area is 126 Å². The predicted octanol–water partition coefficient (Wildman–Crippen LogP) is 1.56. The molecule has 0 aliphatic carbocycles. The summed E-state index contributed by atoms with van der Waals surface area (Å²) >= 11 is 0. The predicted molar refractivity (Wildman–Crippen MR) is 80.6 cm³/mol. The van der Waals surface area contributed by atoms with E-state index in [4.69, 9.17) is 4.74 Å². The third kappa shape index (κ3) is 3.21. The number of hydrogen-bond donors (Lipinski definition) is 1. The molecule has 0 unspecified atom stereocenters. The fourth-order valence-corrected chi connectivity index (χ4v) is 2.18. The first-order valence-corrected chi connectivity index (χ1v) is 6.66. The average molecular weight is 304 g/mol. The Morgan fingerprint density at radius 2 is 2.09 bits per heavy atom. The first kappa shape index (κ1) is 15.9. The molecule has 22 heavy (non-hydrogen) atoms. The van der Waals surface area contributed by atoms with E-state index in [1.54, 1.807) is 18.2 Å². The Hall–Kier alpha value is -2.51. The molecule has 0 aliphatic rings. The van der Waals surface area contributed by atoms with Crippen molar-refractivity contribution in [3.63, 3.8) is 0 Å². The number of aliphatic hydroxyl groups is 1. The molecular weight excluding hydrogens is 288 g/mol. The van der Waals surface area contributed by atoms with Crippen LogP contribution in [0.5, 0.6) is 0 Å². The Bertz CT molecular complexity index is 739. The van der Waals surface area contributed by atoms with Crippen LogP contribution in [-0.2, 0) is 17.9 Å². The Balaban J connectivity index is 2.59. The number of ether oxygens (including phenoxy) is 1. The minimum absolute atomic E-state index is 0.0468. The maximum absolute atomic E-state index is 12.3. The fraction of sp³-hybridized carbons (Fsp3) is 0.267. The molecule has 0 saturated heterocycles. The number of hydrogen-bond acceptors (Lipinski definition) is 5. The van der Waals surface area contributed by atoms with Gasteiger partial charge in [0.1, 0.15) is 0 Å². The lowest BCUT2D eigenvalue weighted by Crippen LogP contribution is -2.26. The number of non-ortho nitro benzene ring substituents is 1. The molecule has 7 heteroatoms. The lowest BCUT2D eigenvalue weighted by Gasteiger charge is -2.14. The van der Waals surface area contributed by atoms with Gasteiger partial charge >= 0.3 is 0 Å². The first-order valence-electron chi connectivity index (χ1n) is 6.66. The lowest BCUT2D eigenvalue weighted by atomic mass is 10.1. The summed E-state index contributed by atoms with van der Waals surface area (Å²) in [6.07, 6.45) is 0. The van der Waals surface area contributed by atoms with E-state index in [1.165, 1.54) is 29.9 Å². The number of pyridine rings is 1. The molecule has 1 aromatic carbocycles. The minimum atomic E-state index is -0.483. The highest BCUT2D eigenvalue weighted by atomic mass is 16.6. The van der Waals surface area contributed by atoms with E-state index < -0.39 is 4.92 Å². The second-order valence-electron chi connectivity index (χ2n) is 4.66. The topological polar surface area (TPSA) is 94.6 Å². The van der Waals surface area contributed by atoms with Crippen LogP contribution in [0.25, 0.3) is 11.3 Å². The summed E-state index contributed by atoms with van der Waals surface area (Å²) in [5.74, 6) is 0. The Morgan fingerprint density at radius 3 is 2.73 bits per heavy atom. The van der Waals surface area contributed by atoms with Crippen LogP contribution in [-0.4, -0.2) is 28.3 Å². The van der Waals surface area contributed by atoms with E-state index in [2.05, 4.69) is 0 Å². The Morgan fingerprint density at radius 1 is 1.32 bits per heavy atom. The highest BCUT2D eigenvalue weighted by molar-refractivity contribution is 5.63. The Kier molecular flexibility index (Phi) is 5.03. The molecule has 1 aromatic heterocycles. The number of nitro benzene ring substituents is 1. The second kappa shape index (κ2) is 6.97. The summed E-state index contributed by atoms with van der Waals surface area (Å²) in [7, 11) is 1.52. The van der Waals surface area contributed by atoms with Crippen LogP contribution in [0.1, 0.15) is 5.56 Å². The number of nitrogens with zero attached hydrogens (tertiary/aromatic N) is 2. The molecule has 1 N–H and O–H groups in total. The van der Waals surface area contributed by atoms with Crippen molar-refractivity contribution in [3.05, 3.63) is 62.4 Å². The molecule has 0 bridgehead atoms. The first-order chi connectivity index (χ1) is 10.6. The van der Waals surface area contributed by atoms with E-state index >= 15 is 0 Å². The maximum Gasteiger partial charge on any atom is 0.270 e. The molecule has 0 fully saturated rings. The van der Waals surface area contributed by atoms with E-state index in [9.17, 15) is 20.0 Å². The van der Waals surface area contributed by atoms with Gasteiger partial charge < -0.3 is 14.4 Å². The van der Waals surface area contributed by atoms with E-state index in [0.29, 0.717) is 24.4 Å². The summed E-state index contributed by atoms with van der Waals surface area (Å²) in [4.78, 5) is 22.7. The molecule has 1 heterocycles. The van der Waals surface area contributed by atoms with Gasteiger partial charge in [0.05, 0.1) is 23.8 Å². The fourth-order valence-electron chi connectivity index (χ4n) is 2.18. The number of benzene rings is 1. The van der Waals surface area contributed by atoms with E-state index in [0.717, 1.165) is 0 Å². The molecule has 116 valence electrons. The molecule has 0 atom stereocenters. The molecule has 0 saturated carbocycles. The van der Waals surface area contributed by atoms with Crippen molar-refractivity contribution in [1.82, 2.24) is 4.57 Å². The zero-order valence-electron chi connectivity index (χ0n) is 12.1. The van der Waals surface area contributed by atoms with Crippen molar-refractivity contribution in [1.29, 1.82) is 0 Å². The van der Waals surface area contributed by atoms with Gasteiger partial charge in [0.25, 0.3) is 11.2 Å². The number of aromatic nitrogens is 1. The molecule has 2 aromatic rings. The van der Waals surface area contributed by atoms with Gasteiger partial charge in [-0.2, -0.15) is 0 Å². The number of aliphatic hydroxyl groups excluding tert-OH is 1. The highest BCUT2D eigenvalue weighted by Crippen LogP contribution is 2.23. The quantitative estimate of drug-likeness (QED) is 0.645. The minimum Gasteiger partial charge on any atom is -0.391 e. The van der Waals surface area contributed by atoms with Crippen LogP contribution < -0.4 is 5.56 Å². The standard InChI is InChI=1S/C15H16N2O5/c1-22-8-7-16-14(6-5-12(10-18)15(16)19)11-3-2-4-13(9-11)17(20)21/h2-6,9,18H,7-8,10H2,1H3. The van der Waals surface area contributed by atoms with E-state index in [1.807, 2.05) is 0 Å². The zero-order chi connectivity index (χ0) is 16.1. The van der Waals surface area contributed by atoms with Crippen molar-refractivity contribution in [2.45, 2.75) is 13.2 Å². The monoisotopic (exact) mass is 304 g/mol. The van der Waals surface area contributed by atoms with Crippen molar-refractivity contribution in [2.75, 3.05) is 13.7 Å². The molecule has 2 rings (SSSR count). The molecule has 0 radical (unpaired) electrons. The molecule has 0 spiro atoms. The number of rotatable bonds is 6. The van der Waals surface area contributed by atoms with Crippen LogP contribution in [0.3, 0.4) is 0 Å². The molecular formula is C15H16N2O5. The maximum atomic E-state index is 12.3. The summed E-state index contributed by atoms with van der Waals surface area (Å²) in [6, 6.07) is 9.27. The van der Waals surface area contributed by atoms with Gasteiger partial charge in [-0.25, -0.2) is 0 Å². The van der Waals surface area contributed by atoms with Crippen molar-refractivity contribution < 1.29 is 14.8 Å². The average Bonchev–Trinajstić information content (AvgIpc) is 2.53. The van der Waals surface area contributed by atoms with E-state index in [-0.39, 0.29) is 23.4 Å². The van der Waals surface area contributed by atoms with Gasteiger partial charge in [0.15, 0.2) is 0 Å². The van der Waals surface area contributed by atoms with Gasteiger partial charge in [-0.1, -0.05) is 12.1 Å². The van der Waals surface area contributed by atoms with Gasteiger partial charge in [0, 0.05) is 36.9 Å². The summed E-state index contributed by atoms with van der Waals surface area (Å²) in [5.41, 5.74) is 0.998. The summed E-state index contributed by atoms with van der Waals surface area (Å²) in [6.45, 7) is 0.249. The molecule has 7 nitrogen and oxygen atoms in total. The molecule has 0 aliphatic heterocycles. The highest BCUT2D eigenvalue weighted by Gasteiger charge is 2.13. The number of nitro groups is 1. The summed E-state index contributed by atoms with van der Waals surface area (Å²) in [5, 5.41) is 20.1. The zero-order valence-corrected chi connectivity index (χ0v) is 12.1. The second-order valence-corrected chi connectivity index (χ2v) is 4.66. The van der Waals surface area contributed by atoms with Crippen LogP contribution in [0, 0.1) is 10.1 Å². The van der Waals surface area contributed by atoms with Gasteiger partial charge in [0.2, 0.25) is 0 Å². The lowest BCUT2D eigenvalue weighted by molar-refractivity contribution is -0.384. The van der Waals surface area contributed by atoms with Crippen LogP contribution >= 0.6 is 0 Å². The third-order valence-electron chi connectivity index (χ3n) is 3.30. The van der Waals surface area contributed by atoms with Crippen LogP contribution in [0.2, 0.25) is 0 Å². The number of methoxy groups -OCH3 is 1. The van der Waals surface area contributed by atoms with Gasteiger partial charge in [-0.15, -0.1) is 0 Å². The van der Waals surface area contributed by atoms with Crippen LogP contribution in [0.15, 0.2) is 41.2 Å². The van der Waals surface area contributed by atoms with Crippen molar-refractivity contribution in [3.8, 4) is 11.3 Å². The third-order valence-corrected chi connectivity index (χ3v) is 3.30. The van der Waals surface area contributed by atoms with Crippen molar-refractivity contribution >= 4 is 5.69 Å². The largest absolute Gasteiger partial charge is 0.391 e. The van der Waals surface area contributed by atoms with Gasteiger partial charge in [-0.3, -0.25) is 14.9 Å². The van der Waals surface area contributed by atoms with Crippen molar-refractivity contribution in [2.24, 2.45) is 0 Å². The molecule has 0 amide bonds. The van der Waals surface area contributed by atoms with Crippen LogP contribution in [0.4, 0.5) is 5.69 Å². The normalized spacial score (nSPS) is 10.6. The van der Waals surface area contributed by atoms with Gasteiger partial charge in [-0.05, 0) is 12.1 Å². The SMILES string of the molecule is COCCn1c(-c2cccc([N+](=O)[O-])c2)ccc(CO)c1=O. The summed E-state index contributed by atoms with van der Waals surface area (Å²) < 4.78 is 6.45. The smallest absolute Gasteiger partial charge is 0.270 e.